The summed E-state index contributed by atoms with van der Waals surface area (Å²) in [4.78, 5) is 0. The van der Waals surface area contributed by atoms with E-state index in [2.05, 4.69) is 85.1 Å². The van der Waals surface area contributed by atoms with Crippen molar-refractivity contribution in [1.82, 2.24) is 10.6 Å². The molecule has 0 aliphatic carbocycles. The Morgan fingerprint density at radius 3 is 1.42 bits per heavy atom. The lowest BCUT2D eigenvalue weighted by Crippen LogP contribution is -2.42. The molecule has 3 rings (SSSR count). The van der Waals surface area contributed by atoms with E-state index >= 15 is 0 Å². The Labute approximate surface area is 114 Å². The molecule has 0 spiro atoms. The Morgan fingerprint density at radius 2 is 1.05 bits per heavy atom. The topological polar surface area (TPSA) is 24.1 Å². The predicted molar refractivity (Wildman–Crippen MR) is 78.7 cm³/mol. The molecule has 2 atom stereocenters. The average molecular weight is 252 g/mol. The molecule has 0 bridgehead atoms. The first-order valence-corrected chi connectivity index (χ1v) is 6.81. The fraction of sp³-hybridized carbons (Fsp3) is 0.294. The van der Waals surface area contributed by atoms with Gasteiger partial charge in [0, 0.05) is 0 Å². The summed E-state index contributed by atoms with van der Waals surface area (Å²) in [5.74, 6) is 0. The van der Waals surface area contributed by atoms with Crippen molar-refractivity contribution in [1.29, 1.82) is 0 Å². The van der Waals surface area contributed by atoms with Gasteiger partial charge in [-0.2, -0.15) is 0 Å². The van der Waals surface area contributed by atoms with Crippen LogP contribution in [-0.2, 0) is 0 Å². The molecule has 0 aromatic heterocycles. The minimum atomic E-state index is -0.0545. The normalized spacial score (nSPS) is 25.4. The lowest BCUT2D eigenvalue weighted by molar-refractivity contribution is 0.389. The lowest BCUT2D eigenvalue weighted by atomic mass is 9.95. The monoisotopic (exact) mass is 252 g/mol. The summed E-state index contributed by atoms with van der Waals surface area (Å²) in [6.45, 7) is 4.37. The molecule has 0 amide bonds. The number of hydrogen-bond acceptors (Lipinski definition) is 2. The molecule has 2 heteroatoms. The van der Waals surface area contributed by atoms with Crippen LogP contribution in [0.1, 0.15) is 37.1 Å². The summed E-state index contributed by atoms with van der Waals surface area (Å²) in [7, 11) is 0. The van der Waals surface area contributed by atoms with Crippen LogP contribution in [0.4, 0.5) is 0 Å². The smallest absolute Gasteiger partial charge is 0.0639 e. The van der Waals surface area contributed by atoms with Gasteiger partial charge in [0.15, 0.2) is 0 Å². The highest BCUT2D eigenvalue weighted by Gasteiger charge is 2.39. The minimum Gasteiger partial charge on any atom is -0.291 e. The number of nitrogens with one attached hydrogen (secondary N) is 2. The van der Waals surface area contributed by atoms with Crippen LogP contribution >= 0.6 is 0 Å². The molecule has 19 heavy (non-hydrogen) atoms. The Morgan fingerprint density at radius 1 is 0.684 bits per heavy atom. The highest BCUT2D eigenvalue weighted by atomic mass is 15.3. The molecule has 1 aliphatic heterocycles. The van der Waals surface area contributed by atoms with E-state index < -0.39 is 0 Å². The van der Waals surface area contributed by atoms with Crippen molar-refractivity contribution in [3.8, 4) is 0 Å². The van der Waals surface area contributed by atoms with Crippen LogP contribution in [0.25, 0.3) is 0 Å². The van der Waals surface area contributed by atoms with Gasteiger partial charge in [-0.3, -0.25) is 10.6 Å². The third-order valence-corrected chi connectivity index (χ3v) is 3.68. The van der Waals surface area contributed by atoms with Crippen molar-refractivity contribution in [3.63, 3.8) is 0 Å². The standard InChI is InChI=1S/C17H20N2/c1-17(2)18-15(13-9-5-3-6-10-13)16(19-17)14-11-7-4-8-12-14/h3-12,15-16,18-19H,1-2H3/t15-,16?/m1/s1. The largest absolute Gasteiger partial charge is 0.291 e. The van der Waals surface area contributed by atoms with Crippen molar-refractivity contribution >= 4 is 0 Å². The number of benzene rings is 2. The van der Waals surface area contributed by atoms with Gasteiger partial charge in [0.1, 0.15) is 0 Å². The molecule has 1 heterocycles. The molecule has 2 N–H and O–H groups in total. The van der Waals surface area contributed by atoms with Crippen LogP contribution in [0, 0.1) is 0 Å². The summed E-state index contributed by atoms with van der Waals surface area (Å²) < 4.78 is 0. The number of rotatable bonds is 2. The van der Waals surface area contributed by atoms with Gasteiger partial charge in [0.05, 0.1) is 17.7 Å². The first-order chi connectivity index (χ1) is 9.16. The first kappa shape index (κ1) is 12.4. The second-order valence-electron chi connectivity index (χ2n) is 5.69. The molecule has 1 unspecified atom stereocenters. The molecule has 1 fully saturated rings. The van der Waals surface area contributed by atoms with Gasteiger partial charge < -0.3 is 0 Å². The van der Waals surface area contributed by atoms with Crippen molar-refractivity contribution in [3.05, 3.63) is 71.8 Å². The maximum absolute atomic E-state index is 3.68. The van der Waals surface area contributed by atoms with E-state index in [1.165, 1.54) is 11.1 Å². The number of hydrogen-bond donors (Lipinski definition) is 2. The predicted octanol–water partition coefficient (Wildman–Crippen LogP) is 3.40. The second kappa shape index (κ2) is 4.80. The zero-order valence-corrected chi connectivity index (χ0v) is 11.4. The third-order valence-electron chi connectivity index (χ3n) is 3.68. The van der Waals surface area contributed by atoms with Crippen LogP contribution in [-0.4, -0.2) is 5.66 Å². The Kier molecular flexibility index (Phi) is 3.13. The molecule has 0 radical (unpaired) electrons. The molecule has 2 nitrogen and oxygen atoms in total. The molecule has 1 aliphatic rings. The molecule has 1 saturated heterocycles. The molecular formula is C17H20N2. The first-order valence-electron chi connectivity index (χ1n) is 6.81. The molecule has 2 aromatic carbocycles. The van der Waals surface area contributed by atoms with Gasteiger partial charge in [-0.25, -0.2) is 0 Å². The van der Waals surface area contributed by atoms with Gasteiger partial charge in [-0.05, 0) is 25.0 Å². The van der Waals surface area contributed by atoms with E-state index in [-0.39, 0.29) is 5.66 Å². The fourth-order valence-electron chi connectivity index (χ4n) is 2.86. The van der Waals surface area contributed by atoms with Crippen LogP contribution in [0.3, 0.4) is 0 Å². The maximum Gasteiger partial charge on any atom is 0.0639 e. The van der Waals surface area contributed by atoms with E-state index in [1.54, 1.807) is 0 Å². The van der Waals surface area contributed by atoms with E-state index in [0.29, 0.717) is 12.1 Å². The lowest BCUT2D eigenvalue weighted by Gasteiger charge is -2.19. The fourth-order valence-corrected chi connectivity index (χ4v) is 2.86. The van der Waals surface area contributed by atoms with Crippen molar-refractivity contribution < 1.29 is 0 Å². The van der Waals surface area contributed by atoms with Gasteiger partial charge >= 0.3 is 0 Å². The van der Waals surface area contributed by atoms with Crippen LogP contribution in [0.5, 0.6) is 0 Å². The van der Waals surface area contributed by atoms with Crippen LogP contribution in [0.15, 0.2) is 60.7 Å². The Balaban J connectivity index is 1.97. The summed E-state index contributed by atoms with van der Waals surface area (Å²) in [6.07, 6.45) is 0. The second-order valence-corrected chi connectivity index (χ2v) is 5.69. The summed E-state index contributed by atoms with van der Waals surface area (Å²) in [6, 6.07) is 21.9. The molecule has 2 aromatic rings. The Hall–Kier alpha value is -1.64. The summed E-state index contributed by atoms with van der Waals surface area (Å²) in [5.41, 5.74) is 2.60. The summed E-state index contributed by atoms with van der Waals surface area (Å²) in [5, 5.41) is 7.37. The third kappa shape index (κ3) is 2.55. The van der Waals surface area contributed by atoms with E-state index in [0.717, 1.165) is 0 Å². The van der Waals surface area contributed by atoms with Gasteiger partial charge in [0.25, 0.3) is 0 Å². The van der Waals surface area contributed by atoms with Crippen molar-refractivity contribution in [2.45, 2.75) is 31.6 Å². The Bertz CT molecular complexity index is 484. The van der Waals surface area contributed by atoms with E-state index in [4.69, 9.17) is 0 Å². The summed E-state index contributed by atoms with van der Waals surface area (Å²) >= 11 is 0. The van der Waals surface area contributed by atoms with Crippen molar-refractivity contribution in [2.75, 3.05) is 0 Å². The zero-order valence-electron chi connectivity index (χ0n) is 11.4. The van der Waals surface area contributed by atoms with Gasteiger partial charge in [-0.15, -0.1) is 0 Å². The molecule has 0 saturated carbocycles. The quantitative estimate of drug-likeness (QED) is 0.856. The highest BCUT2D eigenvalue weighted by molar-refractivity contribution is 5.30. The SMILES string of the molecule is CC1(C)NC(c2ccccc2)[C@@H](c2ccccc2)N1. The van der Waals surface area contributed by atoms with E-state index in [1.807, 2.05) is 0 Å². The zero-order chi connectivity index (χ0) is 13.3. The average Bonchev–Trinajstić information content (AvgIpc) is 2.77. The molecule has 98 valence electrons. The maximum atomic E-state index is 3.68. The van der Waals surface area contributed by atoms with Gasteiger partial charge in [-0.1, -0.05) is 60.7 Å². The minimum absolute atomic E-state index is 0.0545. The van der Waals surface area contributed by atoms with Crippen molar-refractivity contribution in [2.24, 2.45) is 0 Å². The molecular weight excluding hydrogens is 232 g/mol. The highest BCUT2D eigenvalue weighted by Crippen LogP contribution is 2.36. The van der Waals surface area contributed by atoms with E-state index in [9.17, 15) is 0 Å². The van der Waals surface area contributed by atoms with Gasteiger partial charge in [0.2, 0.25) is 0 Å². The van der Waals surface area contributed by atoms with Crippen LogP contribution in [0.2, 0.25) is 0 Å². The van der Waals surface area contributed by atoms with Crippen LogP contribution < -0.4 is 10.6 Å².